The number of para-hydroxylation sites is 2. The fourth-order valence-corrected chi connectivity index (χ4v) is 2.93. The molecule has 0 unspecified atom stereocenters. The predicted molar refractivity (Wildman–Crippen MR) is 90.0 cm³/mol. The minimum atomic E-state index is 0.601. The van der Waals surface area contributed by atoms with E-state index in [0.29, 0.717) is 11.5 Å². The number of hydrogen-bond donors (Lipinski definition) is 0. The van der Waals surface area contributed by atoms with E-state index in [4.69, 9.17) is 4.42 Å². The van der Waals surface area contributed by atoms with Gasteiger partial charge >= 0.3 is 0 Å². The van der Waals surface area contributed by atoms with Crippen LogP contribution in [-0.4, -0.2) is 15.0 Å². The first-order chi connectivity index (χ1) is 11.4. The highest BCUT2D eigenvalue weighted by Crippen LogP contribution is 2.30. The van der Waals surface area contributed by atoms with Crippen LogP contribution in [0.15, 0.2) is 71.4 Å². The van der Waals surface area contributed by atoms with Gasteiger partial charge in [0.1, 0.15) is 5.58 Å². The molecule has 2 aromatic carbocycles. The lowest BCUT2D eigenvalue weighted by Crippen LogP contribution is -1.91. The third-order valence-electron chi connectivity index (χ3n) is 4.01. The van der Waals surface area contributed by atoms with Gasteiger partial charge in [-0.15, -0.1) is 0 Å². The van der Waals surface area contributed by atoms with Crippen molar-refractivity contribution in [1.29, 1.82) is 0 Å². The van der Waals surface area contributed by atoms with Crippen molar-refractivity contribution in [3.8, 4) is 11.4 Å². The predicted octanol–water partition coefficient (Wildman–Crippen LogP) is 4.59. The molecule has 0 aliphatic carbocycles. The molecule has 0 aliphatic heterocycles. The second kappa shape index (κ2) is 4.61. The van der Waals surface area contributed by atoms with Crippen LogP contribution in [0.3, 0.4) is 0 Å². The lowest BCUT2D eigenvalue weighted by atomic mass is 10.1. The quantitative estimate of drug-likeness (QED) is 0.454. The molecule has 0 radical (unpaired) electrons. The Morgan fingerprint density at radius 1 is 0.783 bits per heavy atom. The normalized spacial score (nSPS) is 11.5. The Balaban J connectivity index is 1.81. The van der Waals surface area contributed by atoms with Gasteiger partial charge in [0.15, 0.2) is 5.82 Å². The van der Waals surface area contributed by atoms with E-state index in [0.717, 1.165) is 32.8 Å². The second-order valence-corrected chi connectivity index (χ2v) is 5.39. The highest BCUT2D eigenvalue weighted by atomic mass is 16.3. The van der Waals surface area contributed by atoms with E-state index >= 15 is 0 Å². The summed E-state index contributed by atoms with van der Waals surface area (Å²) in [4.78, 5) is 13.6. The molecule has 0 fully saturated rings. The third kappa shape index (κ3) is 1.82. The smallest absolute Gasteiger partial charge is 0.230 e. The SMILES string of the molecule is c1cnc2c(-c3ncc4c(n3)oc3ccccc34)cccc2c1. The molecule has 0 saturated carbocycles. The van der Waals surface area contributed by atoms with E-state index in [-0.39, 0.29) is 0 Å². The Hall–Kier alpha value is -3.27. The molecule has 0 spiro atoms. The lowest BCUT2D eigenvalue weighted by Gasteiger charge is -2.03. The number of furan rings is 1. The van der Waals surface area contributed by atoms with E-state index in [9.17, 15) is 0 Å². The summed E-state index contributed by atoms with van der Waals surface area (Å²) in [6.45, 7) is 0. The Bertz CT molecular complexity index is 1170. The fourth-order valence-electron chi connectivity index (χ4n) is 2.93. The zero-order valence-corrected chi connectivity index (χ0v) is 12.1. The fraction of sp³-hybridized carbons (Fsp3) is 0. The van der Waals surface area contributed by atoms with E-state index in [2.05, 4.69) is 15.0 Å². The molecule has 108 valence electrons. The van der Waals surface area contributed by atoms with Crippen LogP contribution in [0, 0.1) is 0 Å². The van der Waals surface area contributed by atoms with Gasteiger partial charge in [-0.25, -0.2) is 4.98 Å². The Kier molecular flexibility index (Phi) is 2.46. The van der Waals surface area contributed by atoms with Crippen LogP contribution in [0.5, 0.6) is 0 Å². The van der Waals surface area contributed by atoms with Crippen LogP contribution in [0.2, 0.25) is 0 Å². The van der Waals surface area contributed by atoms with E-state index in [1.807, 2.05) is 60.8 Å². The summed E-state index contributed by atoms with van der Waals surface area (Å²) < 4.78 is 5.86. The first-order valence-electron chi connectivity index (χ1n) is 7.38. The summed E-state index contributed by atoms with van der Waals surface area (Å²) in [5, 5.41) is 3.03. The largest absolute Gasteiger partial charge is 0.438 e. The first kappa shape index (κ1) is 12.3. The van der Waals surface area contributed by atoms with Crippen LogP contribution in [0.25, 0.3) is 44.4 Å². The van der Waals surface area contributed by atoms with Gasteiger partial charge in [-0.1, -0.05) is 36.4 Å². The maximum Gasteiger partial charge on any atom is 0.230 e. The molecule has 4 heteroatoms. The first-order valence-corrected chi connectivity index (χ1v) is 7.38. The van der Waals surface area contributed by atoms with Gasteiger partial charge in [0.2, 0.25) is 5.71 Å². The van der Waals surface area contributed by atoms with E-state index < -0.39 is 0 Å². The molecule has 4 nitrogen and oxygen atoms in total. The molecule has 5 aromatic rings. The zero-order valence-electron chi connectivity index (χ0n) is 12.1. The maximum absolute atomic E-state index is 5.86. The maximum atomic E-state index is 5.86. The molecule has 0 saturated heterocycles. The number of benzene rings is 2. The highest BCUT2D eigenvalue weighted by Gasteiger charge is 2.12. The number of fused-ring (bicyclic) bond motifs is 4. The highest BCUT2D eigenvalue weighted by molar-refractivity contribution is 6.03. The molecule has 23 heavy (non-hydrogen) atoms. The average molecular weight is 297 g/mol. The average Bonchev–Trinajstić information content (AvgIpc) is 2.99. The van der Waals surface area contributed by atoms with Crippen LogP contribution in [-0.2, 0) is 0 Å². The van der Waals surface area contributed by atoms with Crippen molar-refractivity contribution in [2.24, 2.45) is 0 Å². The van der Waals surface area contributed by atoms with E-state index in [1.165, 1.54) is 0 Å². The minimum absolute atomic E-state index is 0.601. The van der Waals surface area contributed by atoms with Gasteiger partial charge in [-0.3, -0.25) is 4.98 Å². The van der Waals surface area contributed by atoms with Crippen molar-refractivity contribution in [2.45, 2.75) is 0 Å². The molecule has 0 amide bonds. The number of aromatic nitrogens is 3. The number of pyridine rings is 1. The van der Waals surface area contributed by atoms with Crippen LogP contribution in [0.4, 0.5) is 0 Å². The second-order valence-electron chi connectivity index (χ2n) is 5.39. The molecule has 5 rings (SSSR count). The van der Waals surface area contributed by atoms with Crippen LogP contribution < -0.4 is 0 Å². The third-order valence-corrected chi connectivity index (χ3v) is 4.01. The summed E-state index contributed by atoms with van der Waals surface area (Å²) in [7, 11) is 0. The molecule has 3 aromatic heterocycles. The van der Waals surface area contributed by atoms with Gasteiger partial charge in [-0.05, 0) is 18.2 Å². The van der Waals surface area contributed by atoms with Crippen molar-refractivity contribution in [3.63, 3.8) is 0 Å². The molecule has 0 aliphatic rings. The summed E-state index contributed by atoms with van der Waals surface area (Å²) in [6.07, 6.45) is 3.61. The van der Waals surface area contributed by atoms with Gasteiger partial charge in [-0.2, -0.15) is 4.98 Å². The van der Waals surface area contributed by atoms with Crippen molar-refractivity contribution in [3.05, 3.63) is 67.0 Å². The number of rotatable bonds is 1. The summed E-state index contributed by atoms with van der Waals surface area (Å²) in [6, 6.07) is 17.9. The Labute approximate surface area is 131 Å². The number of hydrogen-bond acceptors (Lipinski definition) is 4. The standard InChI is InChI=1S/C19H11N3O/c1-2-9-16-13(7-1)15-11-21-18(22-19(15)23-16)14-8-3-5-12-6-4-10-20-17(12)14/h1-11H. The summed E-state index contributed by atoms with van der Waals surface area (Å²) in [5.74, 6) is 0.626. The van der Waals surface area contributed by atoms with Gasteiger partial charge in [0.25, 0.3) is 0 Å². The van der Waals surface area contributed by atoms with Crippen LogP contribution in [0.1, 0.15) is 0 Å². The van der Waals surface area contributed by atoms with Crippen molar-refractivity contribution >= 4 is 33.0 Å². The lowest BCUT2D eigenvalue weighted by molar-refractivity contribution is 0.653. The zero-order chi connectivity index (χ0) is 15.2. The van der Waals surface area contributed by atoms with Crippen molar-refractivity contribution in [2.75, 3.05) is 0 Å². The van der Waals surface area contributed by atoms with Gasteiger partial charge in [0, 0.05) is 28.7 Å². The van der Waals surface area contributed by atoms with Gasteiger partial charge < -0.3 is 4.42 Å². The summed E-state index contributed by atoms with van der Waals surface area (Å²) in [5.41, 5.74) is 3.23. The monoisotopic (exact) mass is 297 g/mol. The minimum Gasteiger partial charge on any atom is -0.438 e. The molecule has 0 bridgehead atoms. The molecule has 3 heterocycles. The molecular formula is C19H11N3O. The van der Waals surface area contributed by atoms with E-state index in [1.54, 1.807) is 6.20 Å². The van der Waals surface area contributed by atoms with Crippen LogP contribution >= 0.6 is 0 Å². The van der Waals surface area contributed by atoms with Crippen molar-refractivity contribution in [1.82, 2.24) is 15.0 Å². The Morgan fingerprint density at radius 3 is 2.70 bits per heavy atom. The molecule has 0 atom stereocenters. The number of nitrogens with zero attached hydrogens (tertiary/aromatic N) is 3. The van der Waals surface area contributed by atoms with Gasteiger partial charge in [0.05, 0.1) is 10.9 Å². The Morgan fingerprint density at radius 2 is 1.70 bits per heavy atom. The van der Waals surface area contributed by atoms with Crippen molar-refractivity contribution < 1.29 is 4.42 Å². The topological polar surface area (TPSA) is 51.8 Å². The summed E-state index contributed by atoms with van der Waals surface area (Å²) >= 11 is 0. The molecular weight excluding hydrogens is 286 g/mol. The molecule has 0 N–H and O–H groups in total.